The molecule has 0 bridgehead atoms. The van der Waals surface area contributed by atoms with Gasteiger partial charge in [-0.05, 0) is 18.9 Å². The topological polar surface area (TPSA) is 85.1 Å². The fourth-order valence-corrected chi connectivity index (χ4v) is 3.64. The molecule has 1 aliphatic heterocycles. The van der Waals surface area contributed by atoms with E-state index in [0.29, 0.717) is 18.1 Å². The average molecular weight is 241 g/mol. The van der Waals surface area contributed by atoms with Crippen molar-refractivity contribution in [1.29, 1.82) is 0 Å². The summed E-state index contributed by atoms with van der Waals surface area (Å²) >= 11 is 0. The van der Waals surface area contributed by atoms with E-state index in [9.17, 15) is 8.42 Å². The van der Waals surface area contributed by atoms with Gasteiger partial charge in [-0.2, -0.15) is 0 Å². The zero-order chi connectivity index (χ0) is 11.6. The highest BCUT2D eigenvalue weighted by atomic mass is 32.2. The normalized spacial score (nSPS) is 23.1. The van der Waals surface area contributed by atoms with Crippen LogP contribution in [0.2, 0.25) is 0 Å². The van der Waals surface area contributed by atoms with Crippen LogP contribution in [-0.4, -0.2) is 30.9 Å². The highest BCUT2D eigenvalue weighted by Crippen LogP contribution is 2.20. The van der Waals surface area contributed by atoms with Crippen LogP contribution < -0.4 is 11.1 Å². The molecular weight excluding hydrogens is 226 g/mol. The lowest BCUT2D eigenvalue weighted by Crippen LogP contribution is -2.25. The molecule has 0 amide bonds. The molecule has 5 nitrogen and oxygen atoms in total. The van der Waals surface area contributed by atoms with Gasteiger partial charge in [0.05, 0.1) is 11.0 Å². The Bertz CT molecular complexity index is 473. The molecule has 6 heteroatoms. The maximum atomic E-state index is 11.6. The van der Waals surface area contributed by atoms with Crippen LogP contribution in [0.3, 0.4) is 0 Å². The van der Waals surface area contributed by atoms with Crippen LogP contribution in [-0.2, 0) is 9.84 Å². The van der Waals surface area contributed by atoms with Crippen molar-refractivity contribution < 1.29 is 8.42 Å². The van der Waals surface area contributed by atoms with Gasteiger partial charge in [0.2, 0.25) is 0 Å². The van der Waals surface area contributed by atoms with Crippen LogP contribution in [0.1, 0.15) is 12.8 Å². The monoisotopic (exact) mass is 241 g/mol. The van der Waals surface area contributed by atoms with Crippen LogP contribution in [0.25, 0.3) is 0 Å². The molecular formula is C10H15N3O2S. The predicted octanol–water partition coefficient (Wildman–Crippen LogP) is 0.653. The number of nitrogens with one attached hydrogen (secondary N) is 1. The second-order valence-electron chi connectivity index (χ2n) is 3.98. The molecule has 1 fully saturated rings. The van der Waals surface area contributed by atoms with E-state index in [2.05, 4.69) is 10.3 Å². The first kappa shape index (κ1) is 11.2. The Morgan fingerprint density at radius 3 is 3.00 bits per heavy atom. The number of anilines is 2. The highest BCUT2D eigenvalue weighted by Gasteiger charge is 2.30. The molecule has 0 spiro atoms. The van der Waals surface area contributed by atoms with Gasteiger partial charge in [-0.1, -0.05) is 0 Å². The Morgan fingerprint density at radius 2 is 2.38 bits per heavy atom. The summed E-state index contributed by atoms with van der Waals surface area (Å²) in [4.78, 5) is 3.87. The van der Waals surface area contributed by atoms with E-state index in [0.717, 1.165) is 18.5 Å². The summed E-state index contributed by atoms with van der Waals surface area (Å²) < 4.78 is 23.1. The minimum atomic E-state index is -2.88. The zero-order valence-corrected chi connectivity index (χ0v) is 9.70. The van der Waals surface area contributed by atoms with Gasteiger partial charge in [-0.15, -0.1) is 0 Å². The molecule has 88 valence electrons. The van der Waals surface area contributed by atoms with Gasteiger partial charge in [0, 0.05) is 24.5 Å². The number of hydrogen-bond donors (Lipinski definition) is 2. The largest absolute Gasteiger partial charge is 0.384 e. The second-order valence-corrected chi connectivity index (χ2v) is 6.38. The standard InChI is InChI=1S/C10H15N3O2S/c11-10-6-8(3-4-12-10)13-7-9-2-1-5-16(9,14)15/h3-4,6,9H,1-2,5,7H2,(H3,11,12,13). The highest BCUT2D eigenvalue weighted by molar-refractivity contribution is 7.92. The van der Waals surface area contributed by atoms with Gasteiger partial charge in [0.15, 0.2) is 9.84 Å². The summed E-state index contributed by atoms with van der Waals surface area (Å²) in [6.07, 6.45) is 3.11. The third-order valence-corrected chi connectivity index (χ3v) is 5.05. The van der Waals surface area contributed by atoms with Gasteiger partial charge in [0.1, 0.15) is 5.82 Å². The smallest absolute Gasteiger partial charge is 0.154 e. The molecule has 0 aromatic carbocycles. The van der Waals surface area contributed by atoms with Crippen LogP contribution >= 0.6 is 0 Å². The Hall–Kier alpha value is -1.30. The number of nitrogens with zero attached hydrogens (tertiary/aromatic N) is 1. The summed E-state index contributed by atoms with van der Waals surface area (Å²) in [5.41, 5.74) is 6.34. The Labute approximate surface area is 95.0 Å². The number of nitrogens with two attached hydrogens (primary N) is 1. The van der Waals surface area contributed by atoms with E-state index in [4.69, 9.17) is 5.73 Å². The van der Waals surface area contributed by atoms with Gasteiger partial charge in [-0.25, -0.2) is 13.4 Å². The van der Waals surface area contributed by atoms with Crippen molar-refractivity contribution >= 4 is 21.3 Å². The Morgan fingerprint density at radius 1 is 1.56 bits per heavy atom. The molecule has 1 atom stereocenters. The SMILES string of the molecule is Nc1cc(NCC2CCCS2(=O)=O)ccn1. The summed E-state index contributed by atoms with van der Waals surface area (Å²) in [5.74, 6) is 0.747. The Balaban J connectivity index is 1.98. The molecule has 0 aliphatic carbocycles. The van der Waals surface area contributed by atoms with Crippen LogP contribution in [0, 0.1) is 0 Å². The summed E-state index contributed by atoms with van der Waals surface area (Å²) in [5, 5.41) is 2.82. The molecule has 1 unspecified atom stereocenters. The lowest BCUT2D eigenvalue weighted by atomic mass is 10.2. The lowest BCUT2D eigenvalue weighted by Gasteiger charge is -2.11. The van der Waals surface area contributed by atoms with Crippen molar-refractivity contribution in [1.82, 2.24) is 4.98 Å². The van der Waals surface area contributed by atoms with Crippen molar-refractivity contribution in [2.45, 2.75) is 18.1 Å². The summed E-state index contributed by atoms with van der Waals surface area (Å²) in [6.45, 7) is 0.450. The van der Waals surface area contributed by atoms with E-state index >= 15 is 0 Å². The van der Waals surface area contributed by atoms with Gasteiger partial charge < -0.3 is 11.1 Å². The number of hydrogen-bond acceptors (Lipinski definition) is 5. The molecule has 3 N–H and O–H groups in total. The second kappa shape index (κ2) is 4.29. The van der Waals surface area contributed by atoms with Crippen molar-refractivity contribution in [2.75, 3.05) is 23.3 Å². The molecule has 1 aromatic rings. The maximum absolute atomic E-state index is 11.6. The number of pyridine rings is 1. The zero-order valence-electron chi connectivity index (χ0n) is 8.89. The van der Waals surface area contributed by atoms with E-state index < -0.39 is 9.84 Å². The minimum absolute atomic E-state index is 0.262. The molecule has 1 aromatic heterocycles. The maximum Gasteiger partial charge on any atom is 0.154 e. The first-order chi connectivity index (χ1) is 7.58. The van der Waals surface area contributed by atoms with E-state index in [1.54, 1.807) is 18.3 Å². The fraction of sp³-hybridized carbons (Fsp3) is 0.500. The molecule has 1 aliphatic rings. The first-order valence-corrected chi connectivity index (χ1v) is 6.96. The van der Waals surface area contributed by atoms with Crippen molar-refractivity contribution in [3.05, 3.63) is 18.3 Å². The Kier molecular flexibility index (Phi) is 3.00. The molecule has 0 radical (unpaired) electrons. The third-order valence-electron chi connectivity index (χ3n) is 2.78. The van der Waals surface area contributed by atoms with Gasteiger partial charge in [0.25, 0.3) is 0 Å². The van der Waals surface area contributed by atoms with Gasteiger partial charge in [-0.3, -0.25) is 0 Å². The fourth-order valence-electron chi connectivity index (χ4n) is 1.88. The minimum Gasteiger partial charge on any atom is -0.384 e. The molecule has 2 heterocycles. The van der Waals surface area contributed by atoms with Crippen LogP contribution in [0.5, 0.6) is 0 Å². The molecule has 16 heavy (non-hydrogen) atoms. The van der Waals surface area contributed by atoms with Crippen LogP contribution in [0.4, 0.5) is 11.5 Å². The molecule has 0 saturated carbocycles. The van der Waals surface area contributed by atoms with Crippen molar-refractivity contribution in [3.63, 3.8) is 0 Å². The van der Waals surface area contributed by atoms with Crippen molar-refractivity contribution in [2.24, 2.45) is 0 Å². The van der Waals surface area contributed by atoms with Crippen molar-refractivity contribution in [3.8, 4) is 0 Å². The number of rotatable bonds is 3. The lowest BCUT2D eigenvalue weighted by molar-refractivity contribution is 0.591. The number of sulfone groups is 1. The first-order valence-electron chi connectivity index (χ1n) is 5.25. The third kappa shape index (κ3) is 2.44. The quantitative estimate of drug-likeness (QED) is 0.811. The molecule has 1 saturated heterocycles. The average Bonchev–Trinajstić information content (AvgIpc) is 2.55. The predicted molar refractivity (Wildman–Crippen MR) is 63.9 cm³/mol. The van der Waals surface area contributed by atoms with E-state index in [-0.39, 0.29) is 5.25 Å². The number of aromatic nitrogens is 1. The van der Waals surface area contributed by atoms with E-state index in [1.165, 1.54) is 0 Å². The summed E-state index contributed by atoms with van der Waals surface area (Å²) in [6, 6.07) is 3.47. The van der Waals surface area contributed by atoms with Crippen LogP contribution in [0.15, 0.2) is 18.3 Å². The number of nitrogen functional groups attached to an aromatic ring is 1. The van der Waals surface area contributed by atoms with Gasteiger partial charge >= 0.3 is 0 Å². The summed E-state index contributed by atoms with van der Waals surface area (Å²) in [7, 11) is -2.88. The van der Waals surface area contributed by atoms with E-state index in [1.807, 2.05) is 0 Å². The molecule has 2 rings (SSSR count).